The first-order valence-electron chi connectivity index (χ1n) is 3.16. The lowest BCUT2D eigenvalue weighted by atomic mass is 9.91. The average Bonchev–Trinajstić information content (AvgIpc) is 2.12. The smallest absolute Gasteiger partial charge is 0.448 e. The zero-order chi connectivity index (χ0) is 7.61. The predicted octanol–water partition coefficient (Wildman–Crippen LogP) is 1.24. The Labute approximate surface area is 57.6 Å². The molecule has 0 aromatic rings. The summed E-state index contributed by atoms with van der Waals surface area (Å²) in [5.41, 5.74) is 0. The molecule has 0 amide bonds. The molecular formula is C5H8BF3N-. The fourth-order valence-electron chi connectivity index (χ4n) is 0.964. The van der Waals surface area contributed by atoms with Gasteiger partial charge >= 0.3 is 6.98 Å². The van der Waals surface area contributed by atoms with Gasteiger partial charge in [-0.15, -0.1) is 0 Å². The first-order valence-corrected chi connectivity index (χ1v) is 3.16. The lowest BCUT2D eigenvalue weighted by Gasteiger charge is -2.22. The van der Waals surface area contributed by atoms with Gasteiger partial charge in [0.2, 0.25) is 0 Å². The summed E-state index contributed by atoms with van der Waals surface area (Å²) in [5.74, 6) is 0. The Hall–Kier alpha value is -0.445. The molecular weight excluding hydrogens is 142 g/mol. The Kier molecular flexibility index (Phi) is 2.04. The van der Waals surface area contributed by atoms with Gasteiger partial charge < -0.3 is 17.8 Å². The molecule has 0 aromatic heterocycles. The van der Waals surface area contributed by atoms with Crippen molar-refractivity contribution in [2.75, 3.05) is 19.5 Å². The van der Waals surface area contributed by atoms with Crippen molar-refractivity contribution in [1.82, 2.24) is 4.90 Å². The maximum absolute atomic E-state index is 11.7. The quantitative estimate of drug-likeness (QED) is 0.422. The number of hydrogen-bond donors (Lipinski definition) is 0. The summed E-state index contributed by atoms with van der Waals surface area (Å²) in [7, 11) is 0. The normalized spacial score (nSPS) is 20.3. The standard InChI is InChI=1S/C5H8BF3N/c7-6(8,9)5-10-3-1-2-4-10/h1-2H,3-5H2/q-1. The first kappa shape index (κ1) is 7.66. The van der Waals surface area contributed by atoms with Crippen molar-refractivity contribution in [2.45, 2.75) is 0 Å². The van der Waals surface area contributed by atoms with E-state index in [1.54, 1.807) is 12.2 Å². The van der Waals surface area contributed by atoms with Gasteiger partial charge in [-0.1, -0.05) is 12.2 Å². The molecule has 0 radical (unpaired) electrons. The Morgan fingerprint density at radius 3 is 2.10 bits per heavy atom. The van der Waals surface area contributed by atoms with E-state index >= 15 is 0 Å². The van der Waals surface area contributed by atoms with E-state index in [0.717, 1.165) is 0 Å². The number of halogens is 3. The van der Waals surface area contributed by atoms with Crippen LogP contribution in [0, 0.1) is 0 Å². The van der Waals surface area contributed by atoms with Crippen LogP contribution < -0.4 is 0 Å². The highest BCUT2D eigenvalue weighted by Gasteiger charge is 2.26. The Morgan fingerprint density at radius 1 is 1.20 bits per heavy atom. The molecule has 0 saturated carbocycles. The third-order valence-corrected chi connectivity index (χ3v) is 1.36. The van der Waals surface area contributed by atoms with E-state index in [-0.39, 0.29) is 0 Å². The topological polar surface area (TPSA) is 3.24 Å². The minimum Gasteiger partial charge on any atom is -0.448 e. The Bertz CT molecular complexity index is 134. The van der Waals surface area contributed by atoms with Crippen LogP contribution in [0.3, 0.4) is 0 Å². The van der Waals surface area contributed by atoms with E-state index in [9.17, 15) is 12.9 Å². The molecule has 1 heterocycles. The number of hydrogen-bond acceptors (Lipinski definition) is 1. The molecule has 0 aromatic carbocycles. The van der Waals surface area contributed by atoms with Crippen molar-refractivity contribution >= 4 is 6.98 Å². The summed E-state index contributed by atoms with van der Waals surface area (Å²) in [6, 6.07) is 0. The minimum atomic E-state index is -4.63. The fourth-order valence-corrected chi connectivity index (χ4v) is 0.964. The summed E-state index contributed by atoms with van der Waals surface area (Å²) < 4.78 is 35.1. The lowest BCUT2D eigenvalue weighted by Crippen LogP contribution is -2.36. The molecule has 5 heteroatoms. The van der Waals surface area contributed by atoms with Gasteiger partial charge in [-0.3, -0.25) is 0 Å². The second kappa shape index (κ2) is 2.66. The van der Waals surface area contributed by atoms with Gasteiger partial charge in [0, 0.05) is 13.1 Å². The maximum atomic E-state index is 11.7. The van der Waals surface area contributed by atoms with Gasteiger partial charge in [-0.25, -0.2) is 0 Å². The van der Waals surface area contributed by atoms with Crippen molar-refractivity contribution < 1.29 is 12.9 Å². The summed E-state index contributed by atoms with van der Waals surface area (Å²) in [5, 5.41) is 0. The van der Waals surface area contributed by atoms with Gasteiger partial charge in [0.05, 0.1) is 0 Å². The molecule has 10 heavy (non-hydrogen) atoms. The highest BCUT2D eigenvalue weighted by Crippen LogP contribution is 2.11. The molecule has 0 bridgehead atoms. The molecule has 0 fully saturated rings. The molecule has 0 spiro atoms. The largest absolute Gasteiger partial charge is 0.492 e. The van der Waals surface area contributed by atoms with E-state index in [2.05, 4.69) is 0 Å². The van der Waals surface area contributed by atoms with Crippen LogP contribution in [0.15, 0.2) is 12.2 Å². The maximum Gasteiger partial charge on any atom is 0.492 e. The van der Waals surface area contributed by atoms with Gasteiger partial charge in [0.1, 0.15) is 0 Å². The minimum absolute atomic E-state index is 0.446. The molecule has 1 rings (SSSR count). The van der Waals surface area contributed by atoms with Crippen LogP contribution >= 0.6 is 0 Å². The first-order chi connectivity index (χ1) is 4.58. The van der Waals surface area contributed by atoms with Crippen molar-refractivity contribution in [3.8, 4) is 0 Å². The molecule has 0 saturated heterocycles. The van der Waals surface area contributed by atoms with Crippen LogP contribution in [0.4, 0.5) is 12.9 Å². The third kappa shape index (κ3) is 2.43. The molecule has 1 aliphatic heterocycles. The van der Waals surface area contributed by atoms with Gasteiger partial charge in [-0.05, 0) is 6.44 Å². The van der Waals surface area contributed by atoms with Crippen LogP contribution in [-0.4, -0.2) is 31.4 Å². The van der Waals surface area contributed by atoms with E-state index < -0.39 is 13.4 Å². The van der Waals surface area contributed by atoms with E-state index in [0.29, 0.717) is 13.1 Å². The zero-order valence-corrected chi connectivity index (χ0v) is 5.43. The molecule has 58 valence electrons. The SMILES string of the molecule is F[B-](F)(F)CN1CC=CC1. The average molecular weight is 150 g/mol. The van der Waals surface area contributed by atoms with Crippen molar-refractivity contribution in [3.63, 3.8) is 0 Å². The third-order valence-electron chi connectivity index (χ3n) is 1.36. The van der Waals surface area contributed by atoms with Gasteiger partial charge in [0.25, 0.3) is 0 Å². The van der Waals surface area contributed by atoms with Crippen LogP contribution in [0.1, 0.15) is 0 Å². The Balaban J connectivity index is 2.26. The predicted molar refractivity (Wildman–Crippen MR) is 34.7 cm³/mol. The highest BCUT2D eigenvalue weighted by atomic mass is 19.4. The molecule has 1 nitrogen and oxygen atoms in total. The highest BCUT2D eigenvalue weighted by molar-refractivity contribution is 6.58. The molecule has 0 aliphatic carbocycles. The van der Waals surface area contributed by atoms with E-state index in [1.165, 1.54) is 4.90 Å². The molecule has 0 atom stereocenters. The summed E-state index contributed by atoms with van der Waals surface area (Å²) in [4.78, 5) is 1.36. The summed E-state index contributed by atoms with van der Waals surface area (Å²) in [6.45, 7) is -3.74. The number of nitrogens with zero attached hydrogens (tertiary/aromatic N) is 1. The number of rotatable bonds is 2. The van der Waals surface area contributed by atoms with Crippen LogP contribution in [0.5, 0.6) is 0 Å². The summed E-state index contributed by atoms with van der Waals surface area (Å²) in [6.07, 6.45) is 2.77. The second-order valence-electron chi connectivity index (χ2n) is 2.40. The van der Waals surface area contributed by atoms with Crippen LogP contribution in [-0.2, 0) is 0 Å². The summed E-state index contributed by atoms with van der Waals surface area (Å²) >= 11 is 0. The van der Waals surface area contributed by atoms with E-state index in [1.807, 2.05) is 0 Å². The van der Waals surface area contributed by atoms with Crippen LogP contribution in [0.25, 0.3) is 0 Å². The van der Waals surface area contributed by atoms with Crippen molar-refractivity contribution in [3.05, 3.63) is 12.2 Å². The van der Waals surface area contributed by atoms with Gasteiger partial charge in [0.15, 0.2) is 0 Å². The molecule has 0 N–H and O–H groups in total. The zero-order valence-electron chi connectivity index (χ0n) is 5.43. The van der Waals surface area contributed by atoms with Crippen molar-refractivity contribution in [1.29, 1.82) is 0 Å². The molecule has 0 unspecified atom stereocenters. The van der Waals surface area contributed by atoms with E-state index in [4.69, 9.17) is 0 Å². The van der Waals surface area contributed by atoms with Crippen LogP contribution in [0.2, 0.25) is 0 Å². The molecule has 1 aliphatic rings. The second-order valence-corrected chi connectivity index (χ2v) is 2.40. The lowest BCUT2D eigenvalue weighted by molar-refractivity contribution is 0.341. The van der Waals surface area contributed by atoms with Gasteiger partial charge in [-0.2, -0.15) is 0 Å². The Morgan fingerprint density at radius 2 is 1.70 bits per heavy atom. The fraction of sp³-hybridized carbons (Fsp3) is 0.600. The monoisotopic (exact) mass is 150 g/mol. The van der Waals surface area contributed by atoms with Crippen molar-refractivity contribution in [2.24, 2.45) is 0 Å².